The number of nitrogens with one attached hydrogen (secondary N) is 2. The van der Waals surface area contributed by atoms with Gasteiger partial charge in [0.25, 0.3) is 17.9 Å². The molecule has 6 heteroatoms. The van der Waals surface area contributed by atoms with Crippen LogP contribution in [0.2, 0.25) is 0 Å². The second-order valence-corrected chi connectivity index (χ2v) is 5.05. The zero-order chi connectivity index (χ0) is 16.2. The summed E-state index contributed by atoms with van der Waals surface area (Å²) in [6.45, 7) is 0.283. The summed E-state index contributed by atoms with van der Waals surface area (Å²) in [5.41, 5.74) is 1.43. The van der Waals surface area contributed by atoms with Crippen molar-refractivity contribution in [2.75, 3.05) is 12.4 Å². The third kappa shape index (κ3) is 3.26. The van der Waals surface area contributed by atoms with Crippen molar-refractivity contribution in [1.29, 1.82) is 0 Å². The van der Waals surface area contributed by atoms with Crippen LogP contribution in [0.15, 0.2) is 48.5 Å². The Labute approximate surface area is 133 Å². The molecule has 2 amide bonds. The fourth-order valence-corrected chi connectivity index (χ4v) is 2.29. The van der Waals surface area contributed by atoms with Gasteiger partial charge in [0.1, 0.15) is 11.5 Å². The summed E-state index contributed by atoms with van der Waals surface area (Å²) in [6.07, 6.45) is -1.20. The van der Waals surface area contributed by atoms with Crippen molar-refractivity contribution in [3.63, 3.8) is 0 Å². The fourth-order valence-electron chi connectivity index (χ4n) is 2.29. The SMILES string of the molecule is COc1cccc(CNC(=O)[C@H]2Oc3ccccc3NC2=O)c1. The number of benzene rings is 2. The first-order valence-electron chi connectivity index (χ1n) is 7.14. The molecule has 1 aliphatic heterocycles. The van der Waals surface area contributed by atoms with Crippen LogP contribution in [-0.2, 0) is 16.1 Å². The summed E-state index contributed by atoms with van der Waals surface area (Å²) < 4.78 is 10.6. The van der Waals surface area contributed by atoms with E-state index in [-0.39, 0.29) is 6.54 Å². The quantitative estimate of drug-likeness (QED) is 0.843. The molecule has 0 radical (unpaired) electrons. The van der Waals surface area contributed by atoms with Crippen molar-refractivity contribution < 1.29 is 19.1 Å². The number of anilines is 1. The number of fused-ring (bicyclic) bond motifs is 1. The van der Waals surface area contributed by atoms with E-state index in [9.17, 15) is 9.59 Å². The molecular weight excluding hydrogens is 296 g/mol. The van der Waals surface area contributed by atoms with Gasteiger partial charge in [-0.2, -0.15) is 0 Å². The van der Waals surface area contributed by atoms with Crippen molar-refractivity contribution in [2.24, 2.45) is 0 Å². The average Bonchev–Trinajstić information content (AvgIpc) is 2.59. The Morgan fingerprint density at radius 1 is 1.26 bits per heavy atom. The highest BCUT2D eigenvalue weighted by Crippen LogP contribution is 2.28. The topological polar surface area (TPSA) is 76.7 Å². The Morgan fingerprint density at radius 2 is 2.09 bits per heavy atom. The Hall–Kier alpha value is -3.02. The van der Waals surface area contributed by atoms with Crippen LogP contribution in [0, 0.1) is 0 Å². The van der Waals surface area contributed by atoms with Gasteiger partial charge in [0.15, 0.2) is 0 Å². The molecule has 2 aromatic carbocycles. The Bertz CT molecular complexity index is 745. The fraction of sp³-hybridized carbons (Fsp3) is 0.176. The molecule has 118 valence electrons. The van der Waals surface area contributed by atoms with Crippen molar-refractivity contribution in [3.05, 3.63) is 54.1 Å². The molecule has 0 spiro atoms. The molecule has 2 aromatic rings. The van der Waals surface area contributed by atoms with Crippen molar-refractivity contribution >= 4 is 17.5 Å². The maximum atomic E-state index is 12.2. The van der Waals surface area contributed by atoms with Crippen LogP contribution in [0.4, 0.5) is 5.69 Å². The van der Waals surface area contributed by atoms with E-state index in [2.05, 4.69) is 10.6 Å². The van der Waals surface area contributed by atoms with Crippen LogP contribution >= 0.6 is 0 Å². The van der Waals surface area contributed by atoms with Gasteiger partial charge >= 0.3 is 0 Å². The van der Waals surface area contributed by atoms with E-state index in [1.54, 1.807) is 31.4 Å². The summed E-state index contributed by atoms with van der Waals surface area (Å²) in [5, 5.41) is 5.36. The van der Waals surface area contributed by atoms with Crippen LogP contribution < -0.4 is 20.1 Å². The van der Waals surface area contributed by atoms with Gasteiger partial charge in [-0.1, -0.05) is 24.3 Å². The molecule has 0 saturated carbocycles. The van der Waals surface area contributed by atoms with E-state index >= 15 is 0 Å². The number of methoxy groups -OCH3 is 1. The highest BCUT2D eigenvalue weighted by molar-refractivity contribution is 6.11. The molecule has 0 unspecified atom stereocenters. The summed E-state index contributed by atoms with van der Waals surface area (Å²) >= 11 is 0. The average molecular weight is 312 g/mol. The molecule has 3 rings (SSSR count). The molecule has 1 aliphatic rings. The maximum absolute atomic E-state index is 12.2. The molecule has 0 fully saturated rings. The minimum absolute atomic E-state index is 0.283. The van der Waals surface area contributed by atoms with Crippen molar-refractivity contribution in [2.45, 2.75) is 12.6 Å². The minimum Gasteiger partial charge on any atom is -0.497 e. The number of ether oxygens (including phenoxy) is 2. The van der Waals surface area contributed by atoms with E-state index in [0.29, 0.717) is 17.2 Å². The third-order valence-electron chi connectivity index (χ3n) is 3.47. The molecule has 0 bridgehead atoms. The van der Waals surface area contributed by atoms with E-state index in [0.717, 1.165) is 5.56 Å². The van der Waals surface area contributed by atoms with Gasteiger partial charge in [0.2, 0.25) is 0 Å². The maximum Gasteiger partial charge on any atom is 0.275 e. The van der Waals surface area contributed by atoms with Gasteiger partial charge < -0.3 is 20.1 Å². The molecule has 0 aromatic heterocycles. The lowest BCUT2D eigenvalue weighted by molar-refractivity contribution is -0.137. The number of carbonyl (C=O) groups is 2. The number of rotatable bonds is 4. The first kappa shape index (κ1) is 14.9. The Balaban J connectivity index is 1.65. The molecule has 2 N–H and O–H groups in total. The number of hydrogen-bond donors (Lipinski definition) is 2. The summed E-state index contributed by atoms with van der Waals surface area (Å²) in [5.74, 6) is 0.220. The third-order valence-corrected chi connectivity index (χ3v) is 3.47. The molecule has 1 atom stereocenters. The van der Waals surface area contributed by atoms with Crippen LogP contribution in [0.3, 0.4) is 0 Å². The molecule has 0 aliphatic carbocycles. The van der Waals surface area contributed by atoms with Gasteiger partial charge in [0.05, 0.1) is 12.8 Å². The molecule has 23 heavy (non-hydrogen) atoms. The van der Waals surface area contributed by atoms with E-state index in [4.69, 9.17) is 9.47 Å². The first-order valence-corrected chi connectivity index (χ1v) is 7.14. The predicted molar refractivity (Wildman–Crippen MR) is 84.3 cm³/mol. The summed E-state index contributed by atoms with van der Waals surface area (Å²) in [4.78, 5) is 24.2. The van der Waals surface area contributed by atoms with Crippen LogP contribution in [0.25, 0.3) is 0 Å². The molecular formula is C17H16N2O4. The largest absolute Gasteiger partial charge is 0.497 e. The zero-order valence-electron chi connectivity index (χ0n) is 12.5. The number of hydrogen-bond acceptors (Lipinski definition) is 4. The first-order chi connectivity index (χ1) is 11.2. The smallest absolute Gasteiger partial charge is 0.275 e. The van der Waals surface area contributed by atoms with Crippen LogP contribution in [0.1, 0.15) is 5.56 Å². The van der Waals surface area contributed by atoms with E-state index < -0.39 is 17.9 Å². The summed E-state index contributed by atoms with van der Waals surface area (Å²) in [7, 11) is 1.58. The number of para-hydroxylation sites is 2. The van der Waals surface area contributed by atoms with E-state index in [1.165, 1.54) is 0 Å². The normalized spacial score (nSPS) is 15.9. The highest BCUT2D eigenvalue weighted by atomic mass is 16.5. The number of amides is 2. The second kappa shape index (κ2) is 6.39. The highest BCUT2D eigenvalue weighted by Gasteiger charge is 2.33. The number of carbonyl (C=O) groups excluding carboxylic acids is 2. The van der Waals surface area contributed by atoms with Gasteiger partial charge in [-0.3, -0.25) is 9.59 Å². The Morgan fingerprint density at radius 3 is 2.91 bits per heavy atom. The second-order valence-electron chi connectivity index (χ2n) is 5.05. The van der Waals surface area contributed by atoms with Crippen molar-refractivity contribution in [1.82, 2.24) is 5.32 Å². The zero-order valence-corrected chi connectivity index (χ0v) is 12.5. The van der Waals surface area contributed by atoms with Gasteiger partial charge in [-0.15, -0.1) is 0 Å². The lowest BCUT2D eigenvalue weighted by atomic mass is 10.2. The van der Waals surface area contributed by atoms with Gasteiger partial charge in [-0.05, 0) is 29.8 Å². The van der Waals surface area contributed by atoms with Gasteiger partial charge in [0, 0.05) is 6.54 Å². The monoisotopic (exact) mass is 312 g/mol. The minimum atomic E-state index is -1.20. The van der Waals surface area contributed by atoms with E-state index in [1.807, 2.05) is 24.3 Å². The van der Waals surface area contributed by atoms with Crippen molar-refractivity contribution in [3.8, 4) is 11.5 Å². The standard InChI is InChI=1S/C17H16N2O4/c1-22-12-6-4-5-11(9-12)10-18-16(20)15-17(21)19-13-7-2-3-8-14(13)23-15/h2-9,15H,10H2,1H3,(H,18,20)(H,19,21)/t15-/m1/s1. The molecule has 0 saturated heterocycles. The van der Waals surface area contributed by atoms with Crippen LogP contribution in [0.5, 0.6) is 11.5 Å². The lowest BCUT2D eigenvalue weighted by Crippen LogP contribution is -2.48. The Kier molecular flexibility index (Phi) is 4.14. The predicted octanol–water partition coefficient (Wildman–Crippen LogP) is 1.71. The van der Waals surface area contributed by atoms with Crippen LogP contribution in [-0.4, -0.2) is 25.0 Å². The summed E-state index contributed by atoms with van der Waals surface area (Å²) in [6, 6.07) is 14.3. The molecule has 6 nitrogen and oxygen atoms in total. The molecule has 1 heterocycles. The van der Waals surface area contributed by atoms with Gasteiger partial charge in [-0.25, -0.2) is 0 Å². The lowest BCUT2D eigenvalue weighted by Gasteiger charge is -2.24.